The van der Waals surface area contributed by atoms with Gasteiger partial charge in [-0.3, -0.25) is 0 Å². The molecule has 0 saturated carbocycles. The molecule has 0 amide bonds. The Labute approximate surface area is 94.7 Å². The van der Waals surface area contributed by atoms with Crippen molar-refractivity contribution in [3.63, 3.8) is 0 Å². The number of benzene rings is 1. The van der Waals surface area contributed by atoms with E-state index in [0.29, 0.717) is 11.0 Å². The topological polar surface area (TPSA) is 49.3 Å². The molecule has 1 aromatic rings. The number of halogens is 2. The van der Waals surface area contributed by atoms with Crippen LogP contribution in [-0.2, 0) is 4.79 Å². The van der Waals surface area contributed by atoms with Crippen LogP contribution in [0.15, 0.2) is 34.8 Å². The summed E-state index contributed by atoms with van der Waals surface area (Å²) in [7, 11) is 0. The monoisotopic (exact) mass is 273 g/mol. The smallest absolute Gasteiger partial charge is 0.328 e. The van der Waals surface area contributed by atoms with Crippen LogP contribution in [0.25, 0.3) is 0 Å². The number of hydrogen-bond acceptors (Lipinski definition) is 2. The van der Waals surface area contributed by atoms with Crippen molar-refractivity contribution in [2.24, 2.45) is 0 Å². The molecule has 0 aliphatic heterocycles. The molecule has 0 aliphatic carbocycles. The summed E-state index contributed by atoms with van der Waals surface area (Å²) in [6.07, 6.45) is 2.52. The second-order valence-electron chi connectivity index (χ2n) is 2.75. The van der Waals surface area contributed by atoms with E-state index in [2.05, 4.69) is 21.2 Å². The highest BCUT2D eigenvalue weighted by molar-refractivity contribution is 9.10. The number of nitrogens with one attached hydrogen (secondary N) is 1. The van der Waals surface area contributed by atoms with E-state index < -0.39 is 5.97 Å². The predicted octanol–water partition coefficient (Wildman–Crippen LogP) is 2.64. The molecule has 0 saturated heterocycles. The van der Waals surface area contributed by atoms with Gasteiger partial charge in [0.15, 0.2) is 0 Å². The zero-order valence-corrected chi connectivity index (χ0v) is 9.29. The van der Waals surface area contributed by atoms with Crippen molar-refractivity contribution in [3.05, 3.63) is 40.6 Å². The summed E-state index contributed by atoms with van der Waals surface area (Å²) in [5.41, 5.74) is 0.721. The summed E-state index contributed by atoms with van der Waals surface area (Å²) in [5.74, 6) is -1.32. The molecular weight excluding hydrogens is 265 g/mol. The molecular formula is C10H9BrFNO2. The second-order valence-corrected chi connectivity index (χ2v) is 3.60. The molecule has 2 N–H and O–H groups in total. The Morgan fingerprint density at radius 2 is 2.33 bits per heavy atom. The maximum absolute atomic E-state index is 12.8. The molecule has 0 bridgehead atoms. The van der Waals surface area contributed by atoms with Crippen LogP contribution in [0.1, 0.15) is 0 Å². The Morgan fingerprint density at radius 3 is 2.93 bits per heavy atom. The van der Waals surface area contributed by atoms with Gasteiger partial charge >= 0.3 is 5.97 Å². The highest BCUT2D eigenvalue weighted by atomic mass is 79.9. The third-order valence-corrected chi connectivity index (χ3v) is 2.21. The first-order valence-electron chi connectivity index (χ1n) is 4.18. The molecule has 0 heterocycles. The van der Waals surface area contributed by atoms with E-state index in [0.717, 1.165) is 11.8 Å². The Bertz CT molecular complexity index is 393. The van der Waals surface area contributed by atoms with E-state index >= 15 is 0 Å². The summed E-state index contributed by atoms with van der Waals surface area (Å²) in [5, 5.41) is 11.2. The van der Waals surface area contributed by atoms with Gasteiger partial charge in [-0.1, -0.05) is 6.08 Å². The Balaban J connectivity index is 2.51. The van der Waals surface area contributed by atoms with Gasteiger partial charge in [0.2, 0.25) is 0 Å². The third kappa shape index (κ3) is 4.12. The van der Waals surface area contributed by atoms with Crippen LogP contribution >= 0.6 is 15.9 Å². The first kappa shape index (κ1) is 11.7. The van der Waals surface area contributed by atoms with E-state index in [-0.39, 0.29) is 5.82 Å². The summed E-state index contributed by atoms with van der Waals surface area (Å²) in [6, 6.07) is 4.49. The molecule has 1 rings (SSSR count). The van der Waals surface area contributed by atoms with Crippen molar-refractivity contribution >= 4 is 27.6 Å². The lowest BCUT2D eigenvalue weighted by Gasteiger charge is -2.03. The van der Waals surface area contributed by atoms with Crippen molar-refractivity contribution < 1.29 is 14.3 Å². The van der Waals surface area contributed by atoms with Gasteiger partial charge in [0.05, 0.1) is 4.47 Å². The minimum Gasteiger partial charge on any atom is -0.478 e. The lowest BCUT2D eigenvalue weighted by atomic mass is 10.3. The quantitative estimate of drug-likeness (QED) is 0.830. The largest absolute Gasteiger partial charge is 0.478 e. The van der Waals surface area contributed by atoms with Gasteiger partial charge in [-0.05, 0) is 34.1 Å². The summed E-state index contributed by atoms with van der Waals surface area (Å²) >= 11 is 3.05. The number of carbonyl (C=O) groups is 1. The number of aliphatic carboxylic acids is 1. The van der Waals surface area contributed by atoms with E-state index in [1.807, 2.05) is 0 Å². The fourth-order valence-electron chi connectivity index (χ4n) is 0.943. The second kappa shape index (κ2) is 5.50. The third-order valence-electron chi connectivity index (χ3n) is 1.60. The van der Waals surface area contributed by atoms with Crippen LogP contribution in [-0.4, -0.2) is 17.6 Å². The number of rotatable bonds is 4. The average molecular weight is 274 g/mol. The van der Waals surface area contributed by atoms with E-state index in [1.165, 1.54) is 12.1 Å². The SMILES string of the molecule is O=C(O)/C=C/CNc1ccc(F)c(Br)c1. The Hall–Kier alpha value is -1.36. The molecule has 80 valence electrons. The summed E-state index contributed by atoms with van der Waals surface area (Å²) in [6.45, 7) is 0.379. The highest BCUT2D eigenvalue weighted by Gasteiger charge is 1.98. The fourth-order valence-corrected chi connectivity index (χ4v) is 1.32. The van der Waals surface area contributed by atoms with Crippen LogP contribution in [0.3, 0.4) is 0 Å². The van der Waals surface area contributed by atoms with Gasteiger partial charge in [0.25, 0.3) is 0 Å². The van der Waals surface area contributed by atoms with Crippen molar-refractivity contribution in [1.82, 2.24) is 0 Å². The number of carboxylic acid groups (broad SMARTS) is 1. The van der Waals surface area contributed by atoms with Crippen LogP contribution < -0.4 is 5.32 Å². The molecule has 0 unspecified atom stereocenters. The lowest BCUT2D eigenvalue weighted by molar-refractivity contribution is -0.131. The van der Waals surface area contributed by atoms with Crippen LogP contribution in [0.4, 0.5) is 10.1 Å². The highest BCUT2D eigenvalue weighted by Crippen LogP contribution is 2.19. The standard InChI is InChI=1S/C10H9BrFNO2/c11-8-6-7(3-4-9(8)12)13-5-1-2-10(14)15/h1-4,6,13H,5H2,(H,14,15)/b2-1+. The first-order valence-corrected chi connectivity index (χ1v) is 4.97. The summed E-state index contributed by atoms with van der Waals surface area (Å²) < 4.78 is 13.2. The van der Waals surface area contributed by atoms with E-state index in [4.69, 9.17) is 5.11 Å². The molecule has 1 aromatic carbocycles. The first-order chi connectivity index (χ1) is 7.09. The van der Waals surface area contributed by atoms with Crippen LogP contribution in [0.5, 0.6) is 0 Å². The predicted molar refractivity (Wildman–Crippen MR) is 59.4 cm³/mol. The van der Waals surface area contributed by atoms with E-state index in [9.17, 15) is 9.18 Å². The normalized spacial score (nSPS) is 10.5. The lowest BCUT2D eigenvalue weighted by Crippen LogP contribution is -1.99. The molecule has 0 radical (unpaired) electrons. The zero-order chi connectivity index (χ0) is 11.3. The minimum absolute atomic E-state index is 0.332. The van der Waals surface area contributed by atoms with Crippen molar-refractivity contribution in [3.8, 4) is 0 Å². The maximum Gasteiger partial charge on any atom is 0.328 e. The molecule has 3 nitrogen and oxygen atoms in total. The van der Waals surface area contributed by atoms with Gasteiger partial charge in [0, 0.05) is 18.3 Å². The van der Waals surface area contributed by atoms with Gasteiger partial charge in [-0.25, -0.2) is 9.18 Å². The molecule has 0 fully saturated rings. The van der Waals surface area contributed by atoms with Gasteiger partial charge in [-0.15, -0.1) is 0 Å². The Morgan fingerprint density at radius 1 is 1.60 bits per heavy atom. The van der Waals surface area contributed by atoms with Crippen molar-refractivity contribution in [1.29, 1.82) is 0 Å². The van der Waals surface area contributed by atoms with Gasteiger partial charge in [-0.2, -0.15) is 0 Å². The molecule has 5 heteroatoms. The zero-order valence-electron chi connectivity index (χ0n) is 7.71. The van der Waals surface area contributed by atoms with Gasteiger partial charge < -0.3 is 10.4 Å². The molecule has 0 spiro atoms. The van der Waals surface area contributed by atoms with Gasteiger partial charge in [0.1, 0.15) is 5.82 Å². The number of carboxylic acids is 1. The molecule has 0 atom stereocenters. The molecule has 15 heavy (non-hydrogen) atoms. The summed E-state index contributed by atoms with van der Waals surface area (Å²) in [4.78, 5) is 10.1. The van der Waals surface area contributed by atoms with E-state index in [1.54, 1.807) is 12.1 Å². The number of anilines is 1. The molecule has 0 aliphatic rings. The maximum atomic E-state index is 12.8. The van der Waals surface area contributed by atoms with Crippen LogP contribution in [0, 0.1) is 5.82 Å². The average Bonchev–Trinajstić information content (AvgIpc) is 2.18. The Kier molecular flexibility index (Phi) is 4.30. The fraction of sp³-hybridized carbons (Fsp3) is 0.100. The molecule has 0 aromatic heterocycles. The number of hydrogen-bond donors (Lipinski definition) is 2. The van der Waals surface area contributed by atoms with Crippen molar-refractivity contribution in [2.75, 3.05) is 11.9 Å². The minimum atomic E-state index is -0.989. The van der Waals surface area contributed by atoms with Crippen LogP contribution in [0.2, 0.25) is 0 Å². The van der Waals surface area contributed by atoms with Crippen molar-refractivity contribution in [2.45, 2.75) is 0 Å².